The van der Waals surface area contributed by atoms with Gasteiger partial charge in [0.1, 0.15) is 17.3 Å². The molecule has 0 saturated heterocycles. The zero-order valence-electron chi connectivity index (χ0n) is 14.1. The van der Waals surface area contributed by atoms with Crippen molar-refractivity contribution in [2.75, 3.05) is 14.2 Å². The van der Waals surface area contributed by atoms with Gasteiger partial charge in [0.15, 0.2) is 0 Å². The second-order valence-corrected chi connectivity index (χ2v) is 6.01. The van der Waals surface area contributed by atoms with Gasteiger partial charge in [-0.05, 0) is 19.1 Å². The van der Waals surface area contributed by atoms with E-state index in [-0.39, 0.29) is 5.56 Å². The number of hydrogen-bond acceptors (Lipinski definition) is 5. The van der Waals surface area contributed by atoms with Crippen LogP contribution in [0.3, 0.4) is 0 Å². The summed E-state index contributed by atoms with van der Waals surface area (Å²) >= 11 is 6.24. The summed E-state index contributed by atoms with van der Waals surface area (Å²) in [5.41, 5.74) is 6.83. The van der Waals surface area contributed by atoms with Crippen LogP contribution >= 0.6 is 11.6 Å². The van der Waals surface area contributed by atoms with Crippen LogP contribution < -0.4 is 20.8 Å². The average molecular weight is 360 g/mol. The largest absolute Gasteiger partial charge is 0.497 e. The Morgan fingerprint density at radius 1 is 1.16 bits per heavy atom. The van der Waals surface area contributed by atoms with Crippen molar-refractivity contribution >= 4 is 22.5 Å². The Kier molecular flexibility index (Phi) is 4.65. The van der Waals surface area contributed by atoms with Crippen molar-refractivity contribution in [1.82, 2.24) is 9.55 Å². The SMILES string of the molecule is COc1cc(OC)cc(-n2c([C@H](C)N)nc3cccc(Cl)c3c2=O)c1. The number of fused-ring (bicyclic) bond motifs is 1. The second-order valence-electron chi connectivity index (χ2n) is 5.60. The quantitative estimate of drug-likeness (QED) is 0.774. The van der Waals surface area contributed by atoms with E-state index in [2.05, 4.69) is 4.98 Å². The highest BCUT2D eigenvalue weighted by atomic mass is 35.5. The molecule has 0 aliphatic heterocycles. The molecule has 2 N–H and O–H groups in total. The van der Waals surface area contributed by atoms with Gasteiger partial charge in [0, 0.05) is 18.2 Å². The molecule has 1 atom stereocenters. The summed E-state index contributed by atoms with van der Waals surface area (Å²) in [5, 5.41) is 0.685. The molecule has 7 heteroatoms. The maximum atomic E-state index is 13.2. The van der Waals surface area contributed by atoms with Crippen LogP contribution in [0.15, 0.2) is 41.2 Å². The van der Waals surface area contributed by atoms with Crippen molar-refractivity contribution in [3.63, 3.8) is 0 Å². The molecule has 3 aromatic rings. The first-order chi connectivity index (χ1) is 12.0. The summed E-state index contributed by atoms with van der Waals surface area (Å²) in [7, 11) is 3.09. The standard InChI is InChI=1S/C18H18ClN3O3/c1-10(20)17-21-15-6-4-5-14(19)16(15)18(23)22(17)11-7-12(24-2)9-13(8-11)25-3/h4-10H,20H2,1-3H3/t10-/m0/s1. The molecule has 0 spiro atoms. The van der Waals surface area contributed by atoms with Crippen LogP contribution in [0.4, 0.5) is 0 Å². The van der Waals surface area contributed by atoms with Gasteiger partial charge in [-0.15, -0.1) is 0 Å². The third-order valence-corrected chi connectivity index (χ3v) is 4.19. The minimum Gasteiger partial charge on any atom is -0.497 e. The van der Waals surface area contributed by atoms with E-state index in [1.54, 1.807) is 57.5 Å². The lowest BCUT2D eigenvalue weighted by Crippen LogP contribution is -2.27. The van der Waals surface area contributed by atoms with E-state index in [1.807, 2.05) is 0 Å². The predicted octanol–water partition coefficient (Wildman–Crippen LogP) is 3.08. The van der Waals surface area contributed by atoms with Crippen molar-refractivity contribution in [2.45, 2.75) is 13.0 Å². The molecule has 3 rings (SSSR count). The number of ether oxygens (including phenoxy) is 2. The Morgan fingerprint density at radius 2 is 1.80 bits per heavy atom. The maximum Gasteiger partial charge on any atom is 0.267 e. The number of nitrogens with zero attached hydrogens (tertiary/aromatic N) is 2. The molecule has 25 heavy (non-hydrogen) atoms. The van der Waals surface area contributed by atoms with Gasteiger partial charge in [-0.3, -0.25) is 9.36 Å². The van der Waals surface area contributed by atoms with Gasteiger partial charge < -0.3 is 15.2 Å². The Morgan fingerprint density at radius 3 is 2.36 bits per heavy atom. The van der Waals surface area contributed by atoms with Gasteiger partial charge in [0.2, 0.25) is 0 Å². The number of aromatic nitrogens is 2. The predicted molar refractivity (Wildman–Crippen MR) is 98.1 cm³/mol. The zero-order chi connectivity index (χ0) is 18.1. The van der Waals surface area contributed by atoms with Crippen LogP contribution in [0.5, 0.6) is 11.5 Å². The highest BCUT2D eigenvalue weighted by Gasteiger charge is 2.18. The molecule has 0 aliphatic rings. The van der Waals surface area contributed by atoms with E-state index in [0.29, 0.717) is 38.9 Å². The van der Waals surface area contributed by atoms with Crippen molar-refractivity contribution in [3.8, 4) is 17.2 Å². The van der Waals surface area contributed by atoms with Gasteiger partial charge >= 0.3 is 0 Å². The smallest absolute Gasteiger partial charge is 0.267 e. The summed E-state index contributed by atoms with van der Waals surface area (Å²) in [6.07, 6.45) is 0. The number of nitrogens with two attached hydrogens (primary N) is 1. The summed E-state index contributed by atoms with van der Waals surface area (Å²) in [4.78, 5) is 17.7. The molecule has 0 unspecified atom stereocenters. The Balaban J connectivity index is 2.43. The van der Waals surface area contributed by atoms with Crippen LogP contribution in [-0.4, -0.2) is 23.8 Å². The third-order valence-electron chi connectivity index (χ3n) is 3.87. The molecule has 130 valence electrons. The Hall–Kier alpha value is -2.57. The lowest BCUT2D eigenvalue weighted by Gasteiger charge is -2.17. The van der Waals surface area contributed by atoms with Crippen LogP contribution in [0.1, 0.15) is 18.8 Å². The van der Waals surface area contributed by atoms with Gasteiger partial charge in [-0.2, -0.15) is 0 Å². The highest BCUT2D eigenvalue weighted by Crippen LogP contribution is 2.27. The van der Waals surface area contributed by atoms with Crippen LogP contribution in [0.25, 0.3) is 16.6 Å². The molecule has 0 fully saturated rings. The Labute approximate surface area is 149 Å². The lowest BCUT2D eigenvalue weighted by molar-refractivity contribution is 0.394. The van der Waals surface area contributed by atoms with Gasteiger partial charge in [0.05, 0.1) is 41.9 Å². The van der Waals surface area contributed by atoms with Crippen molar-refractivity contribution in [3.05, 3.63) is 57.6 Å². The fourth-order valence-electron chi connectivity index (χ4n) is 2.68. The molecule has 0 saturated carbocycles. The molecule has 0 radical (unpaired) electrons. The van der Waals surface area contributed by atoms with E-state index < -0.39 is 6.04 Å². The number of methoxy groups -OCH3 is 2. The molecular weight excluding hydrogens is 342 g/mol. The molecule has 0 bridgehead atoms. The van der Waals surface area contributed by atoms with Gasteiger partial charge in [-0.25, -0.2) is 4.98 Å². The highest BCUT2D eigenvalue weighted by molar-refractivity contribution is 6.35. The topological polar surface area (TPSA) is 79.4 Å². The van der Waals surface area contributed by atoms with Crippen molar-refractivity contribution < 1.29 is 9.47 Å². The minimum atomic E-state index is -0.465. The number of halogens is 1. The summed E-state index contributed by atoms with van der Waals surface area (Å²) in [6, 6.07) is 9.86. The number of hydrogen-bond donors (Lipinski definition) is 1. The van der Waals surface area contributed by atoms with E-state index in [9.17, 15) is 4.79 Å². The molecular formula is C18H18ClN3O3. The maximum absolute atomic E-state index is 13.2. The van der Waals surface area contributed by atoms with Gasteiger partial charge in [0.25, 0.3) is 5.56 Å². The summed E-state index contributed by atoms with van der Waals surface area (Å²) in [5.74, 6) is 1.53. The van der Waals surface area contributed by atoms with Crippen LogP contribution in [-0.2, 0) is 0 Å². The fourth-order valence-corrected chi connectivity index (χ4v) is 2.93. The number of rotatable bonds is 4. The molecule has 6 nitrogen and oxygen atoms in total. The minimum absolute atomic E-state index is 0.293. The molecule has 1 aromatic heterocycles. The van der Waals surface area contributed by atoms with Crippen molar-refractivity contribution in [1.29, 1.82) is 0 Å². The average Bonchev–Trinajstić information content (AvgIpc) is 2.60. The monoisotopic (exact) mass is 359 g/mol. The first kappa shape index (κ1) is 17.3. The van der Waals surface area contributed by atoms with E-state index in [1.165, 1.54) is 4.57 Å². The fraction of sp³-hybridized carbons (Fsp3) is 0.222. The van der Waals surface area contributed by atoms with Crippen molar-refractivity contribution in [2.24, 2.45) is 5.73 Å². The van der Waals surface area contributed by atoms with E-state index >= 15 is 0 Å². The third kappa shape index (κ3) is 3.06. The Bertz CT molecular complexity index is 977. The van der Waals surface area contributed by atoms with E-state index in [4.69, 9.17) is 26.8 Å². The van der Waals surface area contributed by atoms with Crippen LogP contribution in [0.2, 0.25) is 5.02 Å². The number of benzene rings is 2. The first-order valence-corrected chi connectivity index (χ1v) is 8.04. The molecule has 1 heterocycles. The molecule has 0 aliphatic carbocycles. The normalized spacial score (nSPS) is 12.2. The van der Waals surface area contributed by atoms with Crippen LogP contribution in [0, 0.1) is 0 Å². The van der Waals surface area contributed by atoms with Gasteiger partial charge in [-0.1, -0.05) is 17.7 Å². The zero-order valence-corrected chi connectivity index (χ0v) is 14.9. The molecule has 2 aromatic carbocycles. The lowest BCUT2D eigenvalue weighted by atomic mass is 10.2. The summed E-state index contributed by atoms with van der Waals surface area (Å²) < 4.78 is 12.0. The summed E-state index contributed by atoms with van der Waals surface area (Å²) in [6.45, 7) is 1.77. The van der Waals surface area contributed by atoms with E-state index in [0.717, 1.165) is 0 Å². The first-order valence-electron chi connectivity index (χ1n) is 7.66. The second kappa shape index (κ2) is 6.74. The molecule has 0 amide bonds.